The van der Waals surface area contributed by atoms with Crippen LogP contribution in [0.3, 0.4) is 0 Å². The quantitative estimate of drug-likeness (QED) is 0.145. The molecule has 0 saturated heterocycles. The molecule has 4 heterocycles. The number of nitriles is 3. The second-order valence-corrected chi connectivity index (χ2v) is 21.4. The first-order valence-corrected chi connectivity index (χ1v) is 26.6. The fraction of sp³-hybridized carbons (Fsp3) is 0.0571. The Balaban J connectivity index is 1.04. The summed E-state index contributed by atoms with van der Waals surface area (Å²) in [7, 11) is 0. The van der Waals surface area contributed by atoms with E-state index in [1.165, 1.54) is 5.56 Å². The largest absolute Gasteiger partial charge is 0.311 e. The van der Waals surface area contributed by atoms with Crippen LogP contribution in [0.25, 0.3) is 72.8 Å². The van der Waals surface area contributed by atoms with Gasteiger partial charge in [-0.05, 0) is 154 Å². The van der Waals surface area contributed by atoms with E-state index < -0.39 is 0 Å². The molecule has 12 aromatic rings. The van der Waals surface area contributed by atoms with Gasteiger partial charge in [-0.2, -0.15) is 15.8 Å². The van der Waals surface area contributed by atoms with Gasteiger partial charge in [0.25, 0.3) is 6.71 Å². The SMILES string of the molecule is CC(C)(C)c1ccc2c(c1)c1cc(-c3cc4c5c(c3)N(c3ccccc3)c3ccc(C#N)cc3B5c3cc(C#N)ccc3N4c3ccccc3)ccc1n2-c1ccc(C#N)cc1-c1nc(-c2ccccc2)nc(-c2ccccc2)n1. The zero-order valence-electron chi connectivity index (χ0n) is 44.0. The Morgan fingerprint density at radius 1 is 0.388 bits per heavy atom. The predicted octanol–water partition coefficient (Wildman–Crippen LogP) is 14.6. The summed E-state index contributed by atoms with van der Waals surface area (Å²) < 4.78 is 2.29. The molecule has 10 heteroatoms. The molecule has 14 rings (SSSR count). The maximum absolute atomic E-state index is 10.5. The van der Waals surface area contributed by atoms with E-state index in [-0.39, 0.29) is 12.1 Å². The third-order valence-electron chi connectivity index (χ3n) is 15.6. The second-order valence-electron chi connectivity index (χ2n) is 21.4. The van der Waals surface area contributed by atoms with Crippen LogP contribution in [0.15, 0.2) is 224 Å². The Morgan fingerprint density at radius 3 is 1.34 bits per heavy atom. The van der Waals surface area contributed by atoms with Gasteiger partial charge in [-0.3, -0.25) is 0 Å². The summed E-state index contributed by atoms with van der Waals surface area (Å²) in [6.45, 7) is 6.44. The first-order chi connectivity index (χ1) is 39.1. The van der Waals surface area contributed by atoms with Gasteiger partial charge in [0, 0.05) is 61.6 Å². The number of para-hydroxylation sites is 2. The number of hydrogen-bond donors (Lipinski definition) is 0. The molecule has 9 nitrogen and oxygen atoms in total. The number of anilines is 6. The van der Waals surface area contributed by atoms with Crippen LogP contribution in [-0.2, 0) is 5.41 Å². The lowest BCUT2D eigenvalue weighted by molar-refractivity contribution is 0.591. The average molecular weight is 1020 g/mol. The van der Waals surface area contributed by atoms with Crippen molar-refractivity contribution in [2.45, 2.75) is 26.2 Å². The van der Waals surface area contributed by atoms with Crippen LogP contribution < -0.4 is 26.2 Å². The number of fused-ring (bicyclic) bond motifs is 7. The standard InChI is InChI=1S/C70H46BN9/c1-70(2,3)51-28-33-60-55(40-51)54-37-49(27-32-59(54)80(60)61-29-24-44(41-72)34-56(61)69-76-67(47-16-8-4-9-17-47)75-68(77-69)48-18-10-5-11-19-48)50-38-64-66-65(39-50)79(53-22-14-7-15-23-53)63-31-26-46(43-74)36-58(63)71(66)57-35-45(42-73)25-30-62(57)78(64)52-20-12-6-13-21-52/h4-40H,1-3H3. The van der Waals surface area contributed by atoms with Gasteiger partial charge in [-0.1, -0.05) is 130 Å². The van der Waals surface area contributed by atoms with Crippen LogP contribution in [0.2, 0.25) is 0 Å². The van der Waals surface area contributed by atoms with Crippen molar-refractivity contribution < 1.29 is 0 Å². The molecule has 374 valence electrons. The molecule has 10 aromatic carbocycles. The summed E-state index contributed by atoms with van der Waals surface area (Å²) in [5.41, 5.74) is 18.9. The van der Waals surface area contributed by atoms with Gasteiger partial charge < -0.3 is 14.4 Å². The van der Waals surface area contributed by atoms with Gasteiger partial charge in [0.1, 0.15) is 0 Å². The summed E-state index contributed by atoms with van der Waals surface area (Å²) >= 11 is 0. The van der Waals surface area contributed by atoms with Gasteiger partial charge in [0.15, 0.2) is 17.5 Å². The molecule has 0 N–H and O–H groups in total. The maximum Gasteiger partial charge on any atom is 0.252 e. The van der Waals surface area contributed by atoms with E-state index in [1.54, 1.807) is 0 Å². The lowest BCUT2D eigenvalue weighted by atomic mass is 9.33. The predicted molar refractivity (Wildman–Crippen MR) is 323 cm³/mol. The highest BCUT2D eigenvalue weighted by atomic mass is 15.2. The molecule has 0 aliphatic carbocycles. The van der Waals surface area contributed by atoms with Crippen molar-refractivity contribution in [3.8, 4) is 69.2 Å². The highest BCUT2D eigenvalue weighted by Gasteiger charge is 2.44. The molecule has 0 radical (unpaired) electrons. The van der Waals surface area contributed by atoms with Crippen LogP contribution in [0, 0.1) is 34.0 Å². The Bertz CT molecular complexity index is 4440. The molecule has 0 unspecified atom stereocenters. The van der Waals surface area contributed by atoms with Crippen LogP contribution in [-0.4, -0.2) is 26.2 Å². The number of hydrogen-bond acceptors (Lipinski definition) is 8. The minimum absolute atomic E-state index is 0.152. The van der Waals surface area contributed by atoms with Crippen molar-refractivity contribution in [1.82, 2.24) is 19.5 Å². The Morgan fingerprint density at radius 2 is 0.838 bits per heavy atom. The number of nitrogens with zero attached hydrogens (tertiary/aromatic N) is 9. The second kappa shape index (κ2) is 18.7. The fourth-order valence-corrected chi connectivity index (χ4v) is 11.9. The van der Waals surface area contributed by atoms with E-state index in [4.69, 9.17) is 15.0 Å². The van der Waals surface area contributed by atoms with Crippen molar-refractivity contribution in [3.05, 3.63) is 247 Å². The van der Waals surface area contributed by atoms with E-state index in [0.29, 0.717) is 39.7 Å². The summed E-state index contributed by atoms with van der Waals surface area (Å²) in [6, 6.07) is 83.9. The van der Waals surface area contributed by atoms with Crippen molar-refractivity contribution in [2.24, 2.45) is 0 Å². The minimum Gasteiger partial charge on any atom is -0.311 e. The van der Waals surface area contributed by atoms with E-state index in [9.17, 15) is 15.8 Å². The lowest BCUT2D eigenvalue weighted by Crippen LogP contribution is -2.61. The number of benzene rings is 10. The zero-order chi connectivity index (χ0) is 54.2. The topological polar surface area (TPSA) is 121 Å². The average Bonchev–Trinajstić information content (AvgIpc) is 4.00. The third kappa shape index (κ3) is 7.79. The molecule has 0 spiro atoms. The Kier molecular flexibility index (Phi) is 11.1. The third-order valence-corrected chi connectivity index (χ3v) is 15.6. The summed E-state index contributed by atoms with van der Waals surface area (Å²) in [6.07, 6.45) is 0. The monoisotopic (exact) mass is 1020 g/mol. The Labute approximate surface area is 463 Å². The molecule has 2 aromatic heterocycles. The maximum atomic E-state index is 10.5. The highest BCUT2D eigenvalue weighted by molar-refractivity contribution is 7.00. The van der Waals surface area contributed by atoms with E-state index in [0.717, 1.165) is 100 Å². The van der Waals surface area contributed by atoms with Crippen LogP contribution >= 0.6 is 0 Å². The smallest absolute Gasteiger partial charge is 0.252 e. The van der Waals surface area contributed by atoms with Gasteiger partial charge in [-0.15, -0.1) is 0 Å². The van der Waals surface area contributed by atoms with Gasteiger partial charge >= 0.3 is 0 Å². The molecular weight excluding hydrogens is 978 g/mol. The molecule has 0 fully saturated rings. The summed E-state index contributed by atoms with van der Waals surface area (Å²) in [5, 5.41) is 33.4. The van der Waals surface area contributed by atoms with Crippen molar-refractivity contribution >= 4 is 79.0 Å². The van der Waals surface area contributed by atoms with Crippen molar-refractivity contribution in [1.29, 1.82) is 15.8 Å². The molecule has 0 amide bonds. The van der Waals surface area contributed by atoms with E-state index >= 15 is 0 Å². The van der Waals surface area contributed by atoms with E-state index in [2.05, 4.69) is 163 Å². The van der Waals surface area contributed by atoms with Gasteiger partial charge in [0.05, 0.1) is 51.6 Å². The summed E-state index contributed by atoms with van der Waals surface area (Å²) in [4.78, 5) is 20.0. The fourth-order valence-electron chi connectivity index (χ4n) is 11.9. The minimum atomic E-state index is -0.296. The van der Waals surface area contributed by atoms with Gasteiger partial charge in [0.2, 0.25) is 0 Å². The molecular formula is C70H46BN9. The molecule has 2 aliphatic rings. The normalized spacial score (nSPS) is 12.3. The van der Waals surface area contributed by atoms with Crippen LogP contribution in [0.4, 0.5) is 34.1 Å². The lowest BCUT2D eigenvalue weighted by Gasteiger charge is -2.44. The van der Waals surface area contributed by atoms with Crippen LogP contribution in [0.5, 0.6) is 0 Å². The summed E-state index contributed by atoms with van der Waals surface area (Å²) in [5.74, 6) is 1.51. The Hall–Kier alpha value is -10.9. The molecule has 0 bridgehead atoms. The first-order valence-electron chi connectivity index (χ1n) is 26.6. The molecule has 0 atom stereocenters. The first kappa shape index (κ1) is 47.6. The molecule has 80 heavy (non-hydrogen) atoms. The number of aromatic nitrogens is 4. The highest BCUT2D eigenvalue weighted by Crippen LogP contribution is 2.47. The van der Waals surface area contributed by atoms with Crippen LogP contribution in [0.1, 0.15) is 43.0 Å². The van der Waals surface area contributed by atoms with Gasteiger partial charge in [-0.25, -0.2) is 15.0 Å². The molecule has 2 aliphatic heterocycles. The molecule has 0 saturated carbocycles. The number of rotatable bonds is 7. The van der Waals surface area contributed by atoms with Crippen molar-refractivity contribution in [2.75, 3.05) is 9.80 Å². The van der Waals surface area contributed by atoms with E-state index in [1.807, 2.05) is 115 Å². The van der Waals surface area contributed by atoms with Crippen molar-refractivity contribution in [3.63, 3.8) is 0 Å². The zero-order valence-corrected chi connectivity index (χ0v) is 44.0.